The molecule has 0 atom stereocenters. The lowest BCUT2D eigenvalue weighted by atomic mass is 10.1. The highest BCUT2D eigenvalue weighted by Crippen LogP contribution is 2.17. The Hall–Kier alpha value is -1.55. The quantitative estimate of drug-likeness (QED) is 0.839. The van der Waals surface area contributed by atoms with E-state index in [1.165, 1.54) is 0 Å². The second kappa shape index (κ2) is 8.03. The molecule has 21 heavy (non-hydrogen) atoms. The van der Waals surface area contributed by atoms with E-state index in [4.69, 9.17) is 0 Å². The minimum absolute atomic E-state index is 0.130. The number of nitrogens with zero attached hydrogens (tertiary/aromatic N) is 2. The number of hydrogen-bond donors (Lipinski definition) is 1. The van der Waals surface area contributed by atoms with Crippen LogP contribution in [0.3, 0.4) is 0 Å². The Balaban J connectivity index is 2.93. The Bertz CT molecular complexity index is 469. The van der Waals surface area contributed by atoms with E-state index < -0.39 is 0 Å². The van der Waals surface area contributed by atoms with E-state index in [1.807, 2.05) is 51.2 Å². The fraction of sp³-hybridized carbons (Fsp3) is 0.588. The van der Waals surface area contributed by atoms with Gasteiger partial charge in [0, 0.05) is 37.9 Å². The molecule has 1 aromatic carbocycles. The number of nitrogens with one attached hydrogen (secondary N) is 1. The summed E-state index contributed by atoms with van der Waals surface area (Å²) < 4.78 is 0. The number of carbonyl (C=O) groups is 1. The Morgan fingerprint density at radius 1 is 1.24 bits per heavy atom. The molecule has 1 N–H and O–H groups in total. The van der Waals surface area contributed by atoms with Crippen LogP contribution in [-0.4, -0.2) is 56.5 Å². The van der Waals surface area contributed by atoms with Crippen LogP contribution >= 0.6 is 0 Å². The maximum atomic E-state index is 12.8. The summed E-state index contributed by atoms with van der Waals surface area (Å²) in [5.41, 5.74) is 2.85. The molecular formula is C17H29N3O. The van der Waals surface area contributed by atoms with Crippen molar-refractivity contribution in [3.63, 3.8) is 0 Å². The van der Waals surface area contributed by atoms with Gasteiger partial charge in [-0.15, -0.1) is 0 Å². The van der Waals surface area contributed by atoms with Gasteiger partial charge in [-0.1, -0.05) is 13.8 Å². The molecule has 4 heteroatoms. The molecule has 0 spiro atoms. The first-order valence-electron chi connectivity index (χ1n) is 7.57. The largest absolute Gasteiger partial charge is 0.388 e. The zero-order chi connectivity index (χ0) is 16.0. The highest BCUT2D eigenvalue weighted by molar-refractivity contribution is 5.96. The molecule has 0 saturated heterocycles. The van der Waals surface area contributed by atoms with Crippen LogP contribution in [0.5, 0.6) is 0 Å². The van der Waals surface area contributed by atoms with Crippen molar-refractivity contribution in [1.29, 1.82) is 0 Å². The maximum Gasteiger partial charge on any atom is 0.254 e. The third kappa shape index (κ3) is 5.38. The van der Waals surface area contributed by atoms with E-state index in [9.17, 15) is 4.79 Å². The molecule has 0 aliphatic heterocycles. The standard InChI is InChI=1S/C17H29N3O/c1-13(2)12-20(10-9-19(5)6)17(21)16-8-7-15(18-4)11-14(16)3/h7-8,11,13,18H,9-10,12H2,1-6H3. The first-order chi connectivity index (χ1) is 9.85. The summed E-state index contributed by atoms with van der Waals surface area (Å²) in [6, 6.07) is 5.90. The number of carbonyl (C=O) groups excluding carboxylic acids is 1. The van der Waals surface area contributed by atoms with Crippen molar-refractivity contribution in [2.75, 3.05) is 46.1 Å². The van der Waals surface area contributed by atoms with Gasteiger partial charge in [0.2, 0.25) is 0 Å². The summed E-state index contributed by atoms with van der Waals surface area (Å²) >= 11 is 0. The van der Waals surface area contributed by atoms with Gasteiger partial charge in [0.15, 0.2) is 0 Å². The van der Waals surface area contributed by atoms with Gasteiger partial charge in [-0.25, -0.2) is 0 Å². The van der Waals surface area contributed by atoms with Crippen molar-refractivity contribution in [3.05, 3.63) is 29.3 Å². The van der Waals surface area contributed by atoms with Crippen molar-refractivity contribution < 1.29 is 4.79 Å². The molecule has 0 bridgehead atoms. The Morgan fingerprint density at radius 3 is 2.38 bits per heavy atom. The molecule has 0 aliphatic carbocycles. The van der Waals surface area contributed by atoms with Crippen molar-refractivity contribution >= 4 is 11.6 Å². The fourth-order valence-electron chi connectivity index (χ4n) is 2.27. The third-order valence-corrected chi connectivity index (χ3v) is 3.44. The highest BCUT2D eigenvalue weighted by Gasteiger charge is 2.18. The van der Waals surface area contributed by atoms with Crippen LogP contribution in [0.4, 0.5) is 5.69 Å². The van der Waals surface area contributed by atoms with E-state index in [0.29, 0.717) is 5.92 Å². The van der Waals surface area contributed by atoms with Crippen LogP contribution in [0.15, 0.2) is 18.2 Å². The van der Waals surface area contributed by atoms with Gasteiger partial charge >= 0.3 is 0 Å². The molecule has 0 aliphatic rings. The molecule has 0 saturated carbocycles. The molecule has 1 aromatic rings. The molecule has 0 unspecified atom stereocenters. The summed E-state index contributed by atoms with van der Waals surface area (Å²) in [6.07, 6.45) is 0. The number of likely N-dealkylation sites (N-methyl/N-ethyl adjacent to an activating group) is 1. The Kier molecular flexibility index (Phi) is 6.69. The zero-order valence-electron chi connectivity index (χ0n) is 14.2. The lowest BCUT2D eigenvalue weighted by molar-refractivity contribution is 0.0724. The summed E-state index contributed by atoms with van der Waals surface area (Å²) in [4.78, 5) is 16.9. The Labute approximate surface area is 129 Å². The van der Waals surface area contributed by atoms with Crippen molar-refractivity contribution in [2.45, 2.75) is 20.8 Å². The lowest BCUT2D eigenvalue weighted by Gasteiger charge is -2.27. The summed E-state index contributed by atoms with van der Waals surface area (Å²) in [6.45, 7) is 8.72. The van der Waals surface area contributed by atoms with Crippen LogP contribution in [0.2, 0.25) is 0 Å². The van der Waals surface area contributed by atoms with Crippen LogP contribution < -0.4 is 5.32 Å². The first-order valence-corrected chi connectivity index (χ1v) is 7.57. The van der Waals surface area contributed by atoms with Crippen molar-refractivity contribution in [3.8, 4) is 0 Å². The smallest absolute Gasteiger partial charge is 0.254 e. The SMILES string of the molecule is CNc1ccc(C(=O)N(CCN(C)C)CC(C)C)c(C)c1. The molecule has 1 amide bonds. The maximum absolute atomic E-state index is 12.8. The van der Waals surface area contributed by atoms with Gasteiger partial charge in [-0.05, 0) is 50.7 Å². The first kappa shape index (κ1) is 17.5. The average molecular weight is 291 g/mol. The molecule has 118 valence electrons. The van der Waals surface area contributed by atoms with Gasteiger partial charge in [0.05, 0.1) is 0 Å². The normalized spacial score (nSPS) is 11.0. The predicted molar refractivity (Wildman–Crippen MR) is 90.0 cm³/mol. The second-order valence-electron chi connectivity index (χ2n) is 6.23. The highest BCUT2D eigenvalue weighted by atomic mass is 16.2. The predicted octanol–water partition coefficient (Wildman–Crippen LogP) is 2.70. The van der Waals surface area contributed by atoms with Gasteiger partial charge in [-0.3, -0.25) is 4.79 Å². The van der Waals surface area contributed by atoms with Gasteiger partial charge in [0.25, 0.3) is 5.91 Å². The molecule has 0 radical (unpaired) electrons. The van der Waals surface area contributed by atoms with Crippen LogP contribution in [0, 0.1) is 12.8 Å². The average Bonchev–Trinajstić information content (AvgIpc) is 2.42. The van der Waals surface area contributed by atoms with Crippen molar-refractivity contribution in [2.24, 2.45) is 5.92 Å². The lowest BCUT2D eigenvalue weighted by Crippen LogP contribution is -2.39. The van der Waals surface area contributed by atoms with Crippen molar-refractivity contribution in [1.82, 2.24) is 9.80 Å². The monoisotopic (exact) mass is 291 g/mol. The van der Waals surface area contributed by atoms with E-state index in [2.05, 4.69) is 24.1 Å². The van der Waals surface area contributed by atoms with Crippen LogP contribution in [0.25, 0.3) is 0 Å². The topological polar surface area (TPSA) is 35.6 Å². The van der Waals surface area contributed by atoms with Gasteiger partial charge in [0.1, 0.15) is 0 Å². The number of benzene rings is 1. The molecule has 0 aromatic heterocycles. The number of rotatable bonds is 7. The molecule has 1 rings (SSSR count). The molecule has 0 heterocycles. The molecule has 0 fully saturated rings. The second-order valence-corrected chi connectivity index (χ2v) is 6.23. The zero-order valence-corrected chi connectivity index (χ0v) is 14.2. The van der Waals surface area contributed by atoms with Crippen LogP contribution in [-0.2, 0) is 0 Å². The van der Waals surface area contributed by atoms with E-state index in [0.717, 1.165) is 36.4 Å². The number of hydrogen-bond acceptors (Lipinski definition) is 3. The molecule has 4 nitrogen and oxygen atoms in total. The van der Waals surface area contributed by atoms with Gasteiger partial charge < -0.3 is 15.1 Å². The molecular weight excluding hydrogens is 262 g/mol. The van der Waals surface area contributed by atoms with Gasteiger partial charge in [-0.2, -0.15) is 0 Å². The van der Waals surface area contributed by atoms with E-state index in [1.54, 1.807) is 0 Å². The van der Waals surface area contributed by atoms with E-state index in [-0.39, 0.29) is 5.91 Å². The number of aryl methyl sites for hydroxylation is 1. The van der Waals surface area contributed by atoms with E-state index >= 15 is 0 Å². The van der Waals surface area contributed by atoms with Crippen LogP contribution in [0.1, 0.15) is 29.8 Å². The minimum atomic E-state index is 0.130. The summed E-state index contributed by atoms with van der Waals surface area (Å²) in [5.74, 6) is 0.596. The number of amides is 1. The third-order valence-electron chi connectivity index (χ3n) is 3.44. The Morgan fingerprint density at radius 2 is 1.90 bits per heavy atom. The fourth-order valence-corrected chi connectivity index (χ4v) is 2.27. The summed E-state index contributed by atoms with van der Waals surface area (Å²) in [5, 5.41) is 3.10. The number of anilines is 1. The summed E-state index contributed by atoms with van der Waals surface area (Å²) in [7, 11) is 5.95. The minimum Gasteiger partial charge on any atom is -0.388 e.